The number of nitrogens with one attached hydrogen (secondary N) is 1. The molecule has 0 unspecified atom stereocenters. The van der Waals surface area contributed by atoms with Crippen LogP contribution in [0, 0.1) is 25.2 Å². The van der Waals surface area contributed by atoms with Crippen LogP contribution in [-0.4, -0.2) is 30.9 Å². The molecule has 148 valence electrons. The van der Waals surface area contributed by atoms with E-state index in [1.807, 2.05) is 32.0 Å². The molecule has 0 fully saturated rings. The van der Waals surface area contributed by atoms with Crippen molar-refractivity contribution in [3.63, 3.8) is 0 Å². The van der Waals surface area contributed by atoms with Crippen LogP contribution in [0.1, 0.15) is 16.7 Å². The highest BCUT2D eigenvalue weighted by Crippen LogP contribution is 2.28. The number of thioether (sulfide) groups is 1. The standard InChI is InChI=1S/C22H21N3O3S/c1-13-5-15-7-16(11-23)22(25-20(15)6-14(13)2)29-12-21(26)24-17-8-18(27-3)10-19(9-17)28-4/h5-10H,12H2,1-4H3,(H,24,26). The number of nitriles is 1. The lowest BCUT2D eigenvalue weighted by atomic mass is 10.1. The third-order valence-electron chi connectivity index (χ3n) is 4.49. The van der Waals surface area contributed by atoms with Gasteiger partial charge in [-0.05, 0) is 43.2 Å². The normalized spacial score (nSPS) is 10.4. The number of hydrogen-bond donors (Lipinski definition) is 1. The van der Waals surface area contributed by atoms with Gasteiger partial charge in [0.25, 0.3) is 0 Å². The molecule has 1 heterocycles. The quantitative estimate of drug-likeness (QED) is 0.607. The first-order valence-electron chi connectivity index (χ1n) is 8.91. The number of carbonyl (C=O) groups is 1. The lowest BCUT2D eigenvalue weighted by Gasteiger charge is -2.10. The maximum absolute atomic E-state index is 12.4. The van der Waals surface area contributed by atoms with Crippen LogP contribution in [0.3, 0.4) is 0 Å². The van der Waals surface area contributed by atoms with Crippen LogP contribution >= 0.6 is 11.8 Å². The largest absolute Gasteiger partial charge is 0.497 e. The van der Waals surface area contributed by atoms with E-state index in [4.69, 9.17) is 9.47 Å². The highest BCUT2D eigenvalue weighted by atomic mass is 32.2. The summed E-state index contributed by atoms with van der Waals surface area (Å²) in [5.74, 6) is 1.08. The fraction of sp³-hybridized carbons (Fsp3) is 0.227. The predicted molar refractivity (Wildman–Crippen MR) is 115 cm³/mol. The fourth-order valence-corrected chi connectivity index (χ4v) is 3.59. The number of carbonyl (C=O) groups excluding carboxylic acids is 1. The smallest absolute Gasteiger partial charge is 0.234 e. The Bertz CT molecular complexity index is 1100. The van der Waals surface area contributed by atoms with Gasteiger partial charge in [0, 0.05) is 29.3 Å². The van der Waals surface area contributed by atoms with E-state index in [9.17, 15) is 10.1 Å². The molecule has 7 heteroatoms. The van der Waals surface area contributed by atoms with Gasteiger partial charge in [0.1, 0.15) is 22.6 Å². The number of aromatic nitrogens is 1. The highest BCUT2D eigenvalue weighted by Gasteiger charge is 2.12. The summed E-state index contributed by atoms with van der Waals surface area (Å²) in [6.45, 7) is 4.05. The Kier molecular flexibility index (Phi) is 6.25. The Morgan fingerprint density at radius 2 is 1.72 bits per heavy atom. The summed E-state index contributed by atoms with van der Waals surface area (Å²) >= 11 is 1.24. The molecule has 0 atom stereocenters. The summed E-state index contributed by atoms with van der Waals surface area (Å²) in [7, 11) is 3.10. The Hall–Kier alpha value is -3.24. The number of pyridine rings is 1. The van der Waals surface area contributed by atoms with Crippen LogP contribution in [0.5, 0.6) is 11.5 Å². The monoisotopic (exact) mass is 407 g/mol. The maximum atomic E-state index is 12.4. The van der Waals surface area contributed by atoms with Gasteiger partial charge in [-0.25, -0.2) is 4.98 Å². The second-order valence-electron chi connectivity index (χ2n) is 6.52. The lowest BCUT2D eigenvalue weighted by molar-refractivity contribution is -0.113. The van der Waals surface area contributed by atoms with Crippen LogP contribution in [-0.2, 0) is 4.79 Å². The Morgan fingerprint density at radius 3 is 2.34 bits per heavy atom. The van der Waals surface area contributed by atoms with E-state index in [-0.39, 0.29) is 11.7 Å². The minimum absolute atomic E-state index is 0.123. The lowest BCUT2D eigenvalue weighted by Crippen LogP contribution is -2.14. The average Bonchev–Trinajstić information content (AvgIpc) is 2.72. The van der Waals surface area contributed by atoms with Crippen molar-refractivity contribution in [3.05, 3.63) is 53.1 Å². The van der Waals surface area contributed by atoms with Gasteiger partial charge in [0.2, 0.25) is 5.91 Å². The zero-order chi connectivity index (χ0) is 21.0. The molecule has 0 saturated carbocycles. The van der Waals surface area contributed by atoms with Crippen molar-refractivity contribution in [3.8, 4) is 17.6 Å². The van der Waals surface area contributed by atoms with Gasteiger partial charge in [-0.15, -0.1) is 0 Å². The van der Waals surface area contributed by atoms with Gasteiger partial charge < -0.3 is 14.8 Å². The van der Waals surface area contributed by atoms with E-state index in [0.717, 1.165) is 22.0 Å². The first kappa shape index (κ1) is 20.5. The molecular weight excluding hydrogens is 386 g/mol. The number of rotatable bonds is 6. The van der Waals surface area contributed by atoms with Crippen molar-refractivity contribution in [1.29, 1.82) is 5.26 Å². The maximum Gasteiger partial charge on any atom is 0.234 e. The molecule has 3 aromatic rings. The van der Waals surface area contributed by atoms with Gasteiger partial charge >= 0.3 is 0 Å². The molecule has 0 aliphatic rings. The molecule has 6 nitrogen and oxygen atoms in total. The minimum Gasteiger partial charge on any atom is -0.497 e. The van der Waals surface area contributed by atoms with Gasteiger partial charge in [-0.2, -0.15) is 5.26 Å². The number of anilines is 1. The summed E-state index contributed by atoms with van der Waals surface area (Å²) in [4.78, 5) is 17.0. The number of ether oxygens (including phenoxy) is 2. The molecule has 2 aromatic carbocycles. The summed E-state index contributed by atoms with van der Waals surface area (Å²) in [6.07, 6.45) is 0. The number of aryl methyl sites for hydroxylation is 2. The van der Waals surface area contributed by atoms with Crippen molar-refractivity contribution in [2.75, 3.05) is 25.3 Å². The summed E-state index contributed by atoms with van der Waals surface area (Å²) in [5.41, 5.74) is 4.13. The molecule has 0 spiro atoms. The first-order valence-corrected chi connectivity index (χ1v) is 9.90. The van der Waals surface area contributed by atoms with Crippen molar-refractivity contribution >= 4 is 34.3 Å². The third-order valence-corrected chi connectivity index (χ3v) is 5.48. The molecule has 29 heavy (non-hydrogen) atoms. The molecule has 0 bridgehead atoms. The topological polar surface area (TPSA) is 84.2 Å². The van der Waals surface area contributed by atoms with E-state index in [2.05, 4.69) is 16.4 Å². The van der Waals surface area contributed by atoms with Crippen LogP contribution < -0.4 is 14.8 Å². The fourth-order valence-electron chi connectivity index (χ4n) is 2.82. The van der Waals surface area contributed by atoms with Crippen molar-refractivity contribution in [1.82, 2.24) is 4.98 Å². The van der Waals surface area contributed by atoms with E-state index in [1.165, 1.54) is 11.8 Å². The average molecular weight is 407 g/mol. The molecule has 0 radical (unpaired) electrons. The van der Waals surface area contributed by atoms with E-state index in [1.54, 1.807) is 32.4 Å². The number of nitrogens with zero attached hydrogens (tertiary/aromatic N) is 2. The number of hydrogen-bond acceptors (Lipinski definition) is 6. The third kappa shape index (κ3) is 4.79. The molecule has 1 aromatic heterocycles. The van der Waals surface area contributed by atoms with Crippen LogP contribution in [0.25, 0.3) is 10.9 Å². The van der Waals surface area contributed by atoms with Crippen molar-refractivity contribution in [2.45, 2.75) is 18.9 Å². The number of amides is 1. The van der Waals surface area contributed by atoms with Gasteiger partial charge in [0.05, 0.1) is 31.1 Å². The summed E-state index contributed by atoms with van der Waals surface area (Å²) in [5, 5.41) is 13.8. The van der Waals surface area contributed by atoms with E-state index >= 15 is 0 Å². The first-order chi connectivity index (χ1) is 13.9. The Labute approximate surface area is 173 Å². The zero-order valence-electron chi connectivity index (χ0n) is 16.7. The van der Waals surface area contributed by atoms with E-state index < -0.39 is 0 Å². The highest BCUT2D eigenvalue weighted by molar-refractivity contribution is 8.00. The van der Waals surface area contributed by atoms with Gasteiger partial charge in [0.15, 0.2) is 0 Å². The van der Waals surface area contributed by atoms with Gasteiger partial charge in [-0.3, -0.25) is 4.79 Å². The SMILES string of the molecule is COc1cc(NC(=O)CSc2nc3cc(C)c(C)cc3cc2C#N)cc(OC)c1. The van der Waals surface area contributed by atoms with Crippen LogP contribution in [0.4, 0.5) is 5.69 Å². The molecule has 3 rings (SSSR count). The van der Waals surface area contributed by atoms with Crippen molar-refractivity contribution in [2.24, 2.45) is 0 Å². The number of fused-ring (bicyclic) bond motifs is 1. The molecule has 1 amide bonds. The predicted octanol–water partition coefficient (Wildman–Crippen LogP) is 4.47. The summed E-state index contributed by atoms with van der Waals surface area (Å²) in [6, 6.07) is 13.2. The van der Waals surface area contributed by atoms with Gasteiger partial charge in [-0.1, -0.05) is 11.8 Å². The molecular formula is C22H21N3O3S. The molecule has 1 N–H and O–H groups in total. The Balaban J connectivity index is 1.77. The minimum atomic E-state index is -0.212. The second kappa shape index (κ2) is 8.84. The van der Waals surface area contributed by atoms with Crippen molar-refractivity contribution < 1.29 is 14.3 Å². The zero-order valence-corrected chi connectivity index (χ0v) is 17.5. The molecule has 0 aliphatic carbocycles. The Morgan fingerprint density at radius 1 is 1.07 bits per heavy atom. The molecule has 0 aliphatic heterocycles. The summed E-state index contributed by atoms with van der Waals surface area (Å²) < 4.78 is 10.4. The second-order valence-corrected chi connectivity index (χ2v) is 7.48. The van der Waals surface area contributed by atoms with E-state index in [0.29, 0.717) is 27.8 Å². The number of benzene rings is 2. The molecule has 0 saturated heterocycles. The number of methoxy groups -OCH3 is 2. The van der Waals surface area contributed by atoms with Crippen LogP contribution in [0.2, 0.25) is 0 Å². The van der Waals surface area contributed by atoms with Crippen LogP contribution in [0.15, 0.2) is 41.4 Å².